The minimum Gasteiger partial charge on any atom is -1.00 e. The van der Waals surface area contributed by atoms with E-state index in [2.05, 4.69) is 67.6 Å². The number of halogens is 2. The van der Waals surface area contributed by atoms with E-state index >= 15 is 0 Å². The zero-order chi connectivity index (χ0) is 16.1. The van der Waals surface area contributed by atoms with Crippen LogP contribution in [0, 0.1) is 12.1 Å². The van der Waals surface area contributed by atoms with Crippen molar-refractivity contribution in [1.29, 1.82) is 0 Å². The first-order chi connectivity index (χ1) is 11.3. The molecular formula is C22H22Cl2OZr. The van der Waals surface area contributed by atoms with Crippen molar-refractivity contribution in [3.8, 4) is 11.1 Å². The van der Waals surface area contributed by atoms with Crippen molar-refractivity contribution < 1.29 is 56.1 Å². The molecule has 134 valence electrons. The maximum Gasteiger partial charge on any atom is 4.00 e. The SMILES string of the molecule is CC1c2[c-]cccc2-c2ccccc21.OCCCC1=[C-]CC=C1.[Cl-].[Cl-].[Zr+4]. The Morgan fingerprint density at radius 2 is 1.81 bits per heavy atom. The number of fused-ring (bicyclic) bond motifs is 3. The molecule has 4 heteroatoms. The van der Waals surface area contributed by atoms with Gasteiger partial charge >= 0.3 is 26.2 Å². The average molecular weight is 465 g/mol. The third kappa shape index (κ3) is 5.93. The summed E-state index contributed by atoms with van der Waals surface area (Å²) in [7, 11) is 0. The molecule has 2 aliphatic rings. The fourth-order valence-electron chi connectivity index (χ4n) is 3.21. The van der Waals surface area contributed by atoms with Gasteiger partial charge in [0.05, 0.1) is 0 Å². The molecular weight excluding hydrogens is 442 g/mol. The average Bonchev–Trinajstić information content (AvgIpc) is 3.22. The minimum absolute atomic E-state index is 0. The summed E-state index contributed by atoms with van der Waals surface area (Å²) in [4.78, 5) is 0. The molecule has 1 unspecified atom stereocenters. The van der Waals surface area contributed by atoms with E-state index in [0.717, 1.165) is 19.3 Å². The Morgan fingerprint density at radius 1 is 1.08 bits per heavy atom. The monoisotopic (exact) mass is 462 g/mol. The molecule has 1 nitrogen and oxygen atoms in total. The Morgan fingerprint density at radius 3 is 2.50 bits per heavy atom. The molecule has 0 bridgehead atoms. The number of hydrogen-bond acceptors (Lipinski definition) is 1. The molecule has 0 radical (unpaired) electrons. The van der Waals surface area contributed by atoms with E-state index < -0.39 is 0 Å². The van der Waals surface area contributed by atoms with E-state index in [0.29, 0.717) is 12.5 Å². The third-order valence-corrected chi connectivity index (χ3v) is 4.41. The summed E-state index contributed by atoms with van der Waals surface area (Å²) in [6.45, 7) is 2.54. The van der Waals surface area contributed by atoms with Crippen LogP contribution >= 0.6 is 0 Å². The summed E-state index contributed by atoms with van der Waals surface area (Å²) in [5.41, 5.74) is 6.77. The van der Waals surface area contributed by atoms with Gasteiger partial charge < -0.3 is 29.9 Å². The Hall–Kier alpha value is -0.657. The Balaban J connectivity index is 0.000000466. The van der Waals surface area contributed by atoms with Gasteiger partial charge in [-0.15, -0.1) is 17.5 Å². The molecule has 0 spiro atoms. The number of benzene rings is 2. The molecule has 2 aromatic carbocycles. The Bertz CT molecular complexity index is 695. The van der Waals surface area contributed by atoms with Gasteiger partial charge in [0.1, 0.15) is 0 Å². The summed E-state index contributed by atoms with van der Waals surface area (Å²) in [5.74, 6) is 0.502. The molecule has 2 aromatic rings. The van der Waals surface area contributed by atoms with Gasteiger partial charge in [-0.1, -0.05) is 43.2 Å². The predicted octanol–water partition coefficient (Wildman–Crippen LogP) is -0.927. The quantitative estimate of drug-likeness (QED) is 0.583. The normalized spacial score (nSPS) is 15.2. The molecule has 1 N–H and O–H groups in total. The first-order valence-electron chi connectivity index (χ1n) is 8.28. The van der Waals surface area contributed by atoms with E-state index in [4.69, 9.17) is 5.11 Å². The molecule has 0 heterocycles. The van der Waals surface area contributed by atoms with Gasteiger partial charge in [-0.2, -0.15) is 30.3 Å². The van der Waals surface area contributed by atoms with Crippen molar-refractivity contribution in [2.24, 2.45) is 0 Å². The van der Waals surface area contributed by atoms with Crippen LogP contribution < -0.4 is 24.8 Å². The Kier molecular flexibility index (Phi) is 12.4. The molecule has 0 saturated carbocycles. The van der Waals surface area contributed by atoms with Crippen LogP contribution in [0.15, 0.2) is 60.2 Å². The summed E-state index contributed by atoms with van der Waals surface area (Å²) < 4.78 is 0. The van der Waals surface area contributed by atoms with Crippen molar-refractivity contribution in [3.63, 3.8) is 0 Å². The van der Waals surface area contributed by atoms with Crippen LogP contribution in [-0.2, 0) is 26.2 Å². The van der Waals surface area contributed by atoms with Gasteiger partial charge in [0.25, 0.3) is 0 Å². The van der Waals surface area contributed by atoms with E-state index in [1.807, 2.05) is 6.07 Å². The summed E-state index contributed by atoms with van der Waals surface area (Å²) in [6, 6.07) is 18.2. The van der Waals surface area contributed by atoms with E-state index in [1.54, 1.807) is 0 Å². The molecule has 0 aromatic heterocycles. The second-order valence-corrected chi connectivity index (χ2v) is 5.94. The standard InChI is InChI=1S/C14H11.C8H11O.2ClH.Zr/c1-10-11-6-2-4-8-13(11)14-9-5-3-7-12(10)14;9-7-3-6-8-4-1-2-5-8;;;/h2-6,8-10H,1H3;1,4,9H,2-3,6-7H2;2*1H;/q2*-1;;;+4/p-2. The maximum atomic E-state index is 8.46. The largest absolute Gasteiger partial charge is 4.00 e. The zero-order valence-electron chi connectivity index (χ0n) is 14.8. The van der Waals surface area contributed by atoms with E-state index in [9.17, 15) is 0 Å². The molecule has 1 atom stereocenters. The van der Waals surface area contributed by atoms with Gasteiger partial charge in [0.15, 0.2) is 0 Å². The van der Waals surface area contributed by atoms with E-state index in [1.165, 1.54) is 27.8 Å². The van der Waals surface area contributed by atoms with Crippen molar-refractivity contribution >= 4 is 0 Å². The molecule has 0 fully saturated rings. The van der Waals surface area contributed by atoms with Crippen LogP contribution in [0.5, 0.6) is 0 Å². The number of allylic oxidation sites excluding steroid dienone is 4. The second kappa shape index (κ2) is 12.7. The van der Waals surface area contributed by atoms with Crippen LogP contribution in [0.25, 0.3) is 11.1 Å². The Labute approximate surface area is 188 Å². The van der Waals surface area contributed by atoms with E-state index in [-0.39, 0.29) is 51.0 Å². The molecule has 0 amide bonds. The first kappa shape index (κ1) is 25.3. The molecule has 26 heavy (non-hydrogen) atoms. The van der Waals surface area contributed by atoms with Crippen molar-refractivity contribution in [1.82, 2.24) is 0 Å². The van der Waals surface area contributed by atoms with Crippen LogP contribution in [0.3, 0.4) is 0 Å². The van der Waals surface area contributed by atoms with Crippen molar-refractivity contribution in [2.75, 3.05) is 6.61 Å². The number of rotatable bonds is 3. The topological polar surface area (TPSA) is 20.2 Å². The predicted molar refractivity (Wildman–Crippen MR) is 95.1 cm³/mol. The van der Waals surface area contributed by atoms with Crippen molar-refractivity contribution in [2.45, 2.75) is 32.1 Å². The van der Waals surface area contributed by atoms with Crippen LogP contribution in [0.1, 0.15) is 43.2 Å². The second-order valence-electron chi connectivity index (χ2n) is 5.94. The first-order valence-corrected chi connectivity index (χ1v) is 8.28. The van der Waals surface area contributed by atoms with Crippen LogP contribution in [0.2, 0.25) is 0 Å². The van der Waals surface area contributed by atoms with Gasteiger partial charge in [-0.25, -0.2) is 11.6 Å². The van der Waals surface area contributed by atoms with Crippen LogP contribution in [-0.4, -0.2) is 11.7 Å². The molecule has 0 aliphatic heterocycles. The molecule has 2 aliphatic carbocycles. The zero-order valence-corrected chi connectivity index (χ0v) is 18.8. The van der Waals surface area contributed by atoms with Crippen LogP contribution in [0.4, 0.5) is 0 Å². The maximum absolute atomic E-state index is 8.46. The summed E-state index contributed by atoms with van der Waals surface area (Å²) >= 11 is 0. The smallest absolute Gasteiger partial charge is 1.00 e. The molecule has 0 saturated heterocycles. The van der Waals surface area contributed by atoms with Crippen molar-refractivity contribution in [3.05, 3.63) is 83.5 Å². The minimum atomic E-state index is 0. The number of hydrogen-bond donors (Lipinski definition) is 1. The summed E-state index contributed by atoms with van der Waals surface area (Å²) in [6.07, 6.45) is 10.2. The van der Waals surface area contributed by atoms with Gasteiger partial charge in [-0.05, 0) is 17.9 Å². The van der Waals surface area contributed by atoms with Gasteiger partial charge in [-0.3, -0.25) is 6.08 Å². The fraction of sp³-hybridized carbons (Fsp3) is 0.273. The fourth-order valence-corrected chi connectivity index (χ4v) is 3.21. The summed E-state index contributed by atoms with van der Waals surface area (Å²) in [5, 5.41) is 8.46. The number of aliphatic hydroxyl groups is 1. The van der Waals surface area contributed by atoms with Gasteiger partial charge in [0, 0.05) is 6.61 Å². The number of aliphatic hydroxyl groups excluding tert-OH is 1. The third-order valence-electron chi connectivity index (χ3n) is 4.41. The van der Waals surface area contributed by atoms with Gasteiger partial charge in [0.2, 0.25) is 0 Å². The molecule has 4 rings (SSSR count).